The van der Waals surface area contributed by atoms with Gasteiger partial charge in [0.05, 0.1) is 23.2 Å². The molecule has 0 spiro atoms. The van der Waals surface area contributed by atoms with Crippen LogP contribution in [0.4, 0.5) is 17.3 Å². The first-order valence-electron chi connectivity index (χ1n) is 12.1. The van der Waals surface area contributed by atoms with Crippen LogP contribution >= 0.6 is 0 Å². The normalized spacial score (nSPS) is 11.2. The molecule has 0 bridgehead atoms. The van der Waals surface area contributed by atoms with Gasteiger partial charge < -0.3 is 20.7 Å². The summed E-state index contributed by atoms with van der Waals surface area (Å²) in [5.74, 6) is 2.03. The number of nitrogens with zero attached hydrogens (tertiary/aromatic N) is 4. The summed E-state index contributed by atoms with van der Waals surface area (Å²) in [7, 11) is 3.23. The lowest BCUT2D eigenvalue weighted by Crippen LogP contribution is -2.22. The third-order valence-corrected chi connectivity index (χ3v) is 5.89. The van der Waals surface area contributed by atoms with Crippen LogP contribution in [0.5, 0.6) is 11.5 Å². The minimum absolute atomic E-state index is 0.0339. The number of ether oxygens (including phenoxy) is 1. The molecule has 0 saturated heterocycles. The average molecular weight is 516 g/mol. The summed E-state index contributed by atoms with van der Waals surface area (Å²) in [5, 5.41) is 11.2. The minimum atomic E-state index is -0.350. The third-order valence-electron chi connectivity index (χ3n) is 5.89. The Balaban J connectivity index is 1.46. The first-order valence-corrected chi connectivity index (χ1v) is 12.1. The quantitative estimate of drug-likeness (QED) is 0.179. The van der Waals surface area contributed by atoms with Crippen molar-refractivity contribution < 1.29 is 9.53 Å². The van der Waals surface area contributed by atoms with Crippen molar-refractivity contribution in [2.24, 2.45) is 0 Å². The van der Waals surface area contributed by atoms with Crippen molar-refractivity contribution in [3.05, 3.63) is 108 Å². The first kappa shape index (κ1) is 25.0. The van der Waals surface area contributed by atoms with Crippen LogP contribution in [0.15, 0.2) is 90.6 Å². The van der Waals surface area contributed by atoms with Crippen molar-refractivity contribution in [2.45, 2.75) is 0 Å². The van der Waals surface area contributed by atoms with Crippen molar-refractivity contribution in [3.8, 4) is 22.8 Å². The Kier molecular flexibility index (Phi) is 6.92. The predicted octanol–water partition coefficient (Wildman–Crippen LogP) is 6.09. The van der Waals surface area contributed by atoms with Crippen molar-refractivity contribution in [1.29, 1.82) is 0 Å². The summed E-state index contributed by atoms with van der Waals surface area (Å²) in [6, 6.07) is 26.4. The fraction of sp³-hybridized carbons (Fsp3) is 0.0667. The Labute approximate surface area is 225 Å². The number of carbonyl (C=O) groups excluding carboxylic acids is 1. The Bertz CT molecular complexity index is 1720. The second-order valence-electron chi connectivity index (χ2n) is 8.92. The maximum absolute atomic E-state index is 12.3. The van der Waals surface area contributed by atoms with Crippen LogP contribution in [0.3, 0.4) is 0 Å². The molecular weight excluding hydrogens is 490 g/mol. The number of carbonyl (C=O) groups is 1. The summed E-state index contributed by atoms with van der Waals surface area (Å²) >= 11 is 0. The zero-order valence-electron chi connectivity index (χ0n) is 21.3. The molecule has 3 aromatic carbocycles. The van der Waals surface area contributed by atoms with Gasteiger partial charge in [-0.2, -0.15) is 5.10 Å². The molecule has 0 aliphatic carbocycles. The minimum Gasteiger partial charge on any atom is -0.457 e. The smallest absolute Gasteiger partial charge is 0.252 e. The van der Waals surface area contributed by atoms with E-state index in [2.05, 4.69) is 20.4 Å². The molecule has 9 nitrogen and oxygen atoms in total. The van der Waals surface area contributed by atoms with E-state index >= 15 is 0 Å². The summed E-state index contributed by atoms with van der Waals surface area (Å²) in [4.78, 5) is 21.9. The van der Waals surface area contributed by atoms with Crippen LogP contribution in [-0.4, -0.2) is 40.1 Å². The lowest BCUT2D eigenvalue weighted by molar-refractivity contribution is -0.124. The molecule has 0 atom stereocenters. The molecule has 0 unspecified atom stereocenters. The molecule has 1 amide bonds. The van der Waals surface area contributed by atoms with E-state index < -0.39 is 0 Å². The number of rotatable bonds is 7. The largest absolute Gasteiger partial charge is 0.457 e. The van der Waals surface area contributed by atoms with Gasteiger partial charge in [0.2, 0.25) is 0 Å². The number of H-pyrrole nitrogens is 1. The Morgan fingerprint density at radius 3 is 2.49 bits per heavy atom. The van der Waals surface area contributed by atoms with Crippen molar-refractivity contribution in [1.82, 2.24) is 20.1 Å². The van der Waals surface area contributed by atoms with Crippen LogP contribution in [0.2, 0.25) is 0 Å². The number of pyridine rings is 1. The average Bonchev–Trinajstić information content (AvgIpc) is 3.32. The molecule has 0 aliphatic rings. The fourth-order valence-electron chi connectivity index (χ4n) is 4.03. The zero-order valence-corrected chi connectivity index (χ0v) is 21.3. The first-order chi connectivity index (χ1) is 18.9. The van der Waals surface area contributed by atoms with Gasteiger partial charge in [-0.15, -0.1) is 0 Å². The Morgan fingerprint density at radius 2 is 1.77 bits per heavy atom. The standard InChI is InChI=1S/C30H25N7O2/c1-32-25(30(38)37(2)3)17-19-8-7-9-21(16-19)33-26-18-24-27(29(31)36-35-24)28(34-26)20-12-14-23(15-13-20)39-22-10-5-4-6-11-22/h4-18H,2-3H3,(H,33,34)(H3,31,35,36). The van der Waals surface area contributed by atoms with E-state index in [0.717, 1.165) is 27.9 Å². The highest BCUT2D eigenvalue weighted by Gasteiger charge is 2.15. The van der Waals surface area contributed by atoms with Crippen LogP contribution < -0.4 is 15.8 Å². The molecule has 4 N–H and O–H groups in total. The SMILES string of the molecule is [C-]#[N+]C(=Cc1cccc(Nc2cc3[nH]nc(N)c3c(-c3ccc(Oc4ccccc4)cc3)n2)c1)C(=O)N(C)C. The summed E-state index contributed by atoms with van der Waals surface area (Å²) < 4.78 is 5.92. The van der Waals surface area contributed by atoms with E-state index in [1.807, 2.05) is 84.9 Å². The lowest BCUT2D eigenvalue weighted by atomic mass is 10.1. The molecule has 2 aromatic heterocycles. The van der Waals surface area contributed by atoms with Gasteiger partial charge in [-0.25, -0.2) is 9.83 Å². The molecular formula is C30H25N7O2. The number of para-hydroxylation sites is 1. The summed E-state index contributed by atoms with van der Waals surface area (Å²) in [6.45, 7) is 7.38. The van der Waals surface area contributed by atoms with Crippen LogP contribution in [0, 0.1) is 6.57 Å². The zero-order chi connectivity index (χ0) is 27.4. The second-order valence-corrected chi connectivity index (χ2v) is 8.92. The van der Waals surface area contributed by atoms with E-state index in [9.17, 15) is 4.79 Å². The Hall–Kier alpha value is -5.62. The molecule has 2 heterocycles. The number of aromatic amines is 1. The number of likely N-dealkylation sites (N-methyl/N-ethyl adjacent to an activating group) is 1. The second kappa shape index (κ2) is 10.8. The van der Waals surface area contributed by atoms with Crippen molar-refractivity contribution >= 4 is 40.2 Å². The van der Waals surface area contributed by atoms with E-state index in [1.54, 1.807) is 20.2 Å². The van der Waals surface area contributed by atoms with Gasteiger partial charge in [0.15, 0.2) is 5.82 Å². The highest BCUT2D eigenvalue weighted by Crippen LogP contribution is 2.34. The third kappa shape index (κ3) is 5.55. The predicted molar refractivity (Wildman–Crippen MR) is 153 cm³/mol. The molecule has 0 saturated carbocycles. The molecule has 192 valence electrons. The van der Waals surface area contributed by atoms with Gasteiger partial charge in [-0.1, -0.05) is 30.3 Å². The fourth-order valence-corrected chi connectivity index (χ4v) is 4.03. The van der Waals surface area contributed by atoms with E-state index in [0.29, 0.717) is 28.6 Å². The van der Waals surface area contributed by atoms with Crippen molar-refractivity contribution in [2.75, 3.05) is 25.1 Å². The topological polar surface area (TPSA) is 114 Å². The molecule has 0 fully saturated rings. The number of fused-ring (bicyclic) bond motifs is 1. The Morgan fingerprint density at radius 1 is 1.03 bits per heavy atom. The molecule has 5 aromatic rings. The van der Waals surface area contributed by atoms with Crippen LogP contribution in [0.25, 0.3) is 33.1 Å². The van der Waals surface area contributed by atoms with Crippen LogP contribution in [-0.2, 0) is 4.79 Å². The summed E-state index contributed by atoms with van der Waals surface area (Å²) in [6.07, 6.45) is 1.57. The van der Waals surface area contributed by atoms with Gasteiger partial charge in [-0.05, 0) is 60.2 Å². The monoisotopic (exact) mass is 515 g/mol. The van der Waals surface area contributed by atoms with Gasteiger partial charge in [0.25, 0.3) is 11.6 Å². The number of nitrogen functional groups attached to an aromatic ring is 1. The van der Waals surface area contributed by atoms with Crippen LogP contribution in [0.1, 0.15) is 5.56 Å². The lowest BCUT2D eigenvalue weighted by Gasteiger charge is -2.12. The number of nitrogens with one attached hydrogen (secondary N) is 2. The molecule has 0 aliphatic heterocycles. The highest BCUT2D eigenvalue weighted by molar-refractivity contribution is 6.01. The maximum Gasteiger partial charge on any atom is 0.252 e. The van der Waals surface area contributed by atoms with Gasteiger partial charge in [0.1, 0.15) is 17.3 Å². The van der Waals surface area contributed by atoms with E-state index in [-0.39, 0.29) is 11.6 Å². The maximum atomic E-state index is 12.3. The molecule has 9 heteroatoms. The number of hydrogen-bond acceptors (Lipinski definition) is 6. The summed E-state index contributed by atoms with van der Waals surface area (Å²) in [5.41, 5.74) is 9.90. The van der Waals surface area contributed by atoms with Crippen molar-refractivity contribution in [3.63, 3.8) is 0 Å². The highest BCUT2D eigenvalue weighted by atomic mass is 16.5. The van der Waals surface area contributed by atoms with Gasteiger partial charge >= 0.3 is 0 Å². The number of aromatic nitrogens is 3. The van der Waals surface area contributed by atoms with Gasteiger partial charge in [-0.3, -0.25) is 9.89 Å². The van der Waals surface area contributed by atoms with Gasteiger partial charge in [0, 0.05) is 31.4 Å². The molecule has 0 radical (unpaired) electrons. The van der Waals surface area contributed by atoms with E-state index in [1.165, 1.54) is 4.90 Å². The number of nitrogens with two attached hydrogens (primary N) is 1. The number of hydrogen-bond donors (Lipinski definition) is 3. The number of amides is 1. The molecule has 5 rings (SSSR count). The number of benzene rings is 3. The number of anilines is 3. The molecule has 39 heavy (non-hydrogen) atoms. The van der Waals surface area contributed by atoms with E-state index in [4.69, 9.17) is 22.0 Å².